The van der Waals surface area contributed by atoms with E-state index in [1.165, 1.54) is 11.8 Å². The second-order valence-electron chi connectivity index (χ2n) is 4.06. The predicted octanol–water partition coefficient (Wildman–Crippen LogP) is 1.42. The number of methoxy groups -OCH3 is 1. The summed E-state index contributed by atoms with van der Waals surface area (Å²) in [5.74, 6) is -0.218. The molecule has 0 unspecified atom stereocenters. The van der Waals surface area contributed by atoms with Crippen molar-refractivity contribution in [2.75, 3.05) is 32.0 Å². The minimum Gasteiger partial charge on any atom is -0.494 e. The van der Waals surface area contributed by atoms with E-state index in [-0.39, 0.29) is 5.75 Å². The van der Waals surface area contributed by atoms with Gasteiger partial charge in [-0.05, 0) is 12.1 Å². The lowest BCUT2D eigenvalue weighted by atomic mass is 10.3. The Labute approximate surface area is 114 Å². The molecule has 1 aromatic carbocycles. The lowest BCUT2D eigenvalue weighted by Crippen LogP contribution is -2.25. The number of imidazole rings is 1. The number of aromatic nitrogens is 2. The highest BCUT2D eigenvalue weighted by Crippen LogP contribution is 2.29. The second-order valence-corrected chi connectivity index (χ2v) is 5.01. The van der Waals surface area contributed by atoms with Gasteiger partial charge in [-0.15, -0.1) is 0 Å². The van der Waals surface area contributed by atoms with Crippen LogP contribution in [0.1, 0.15) is 0 Å². The van der Waals surface area contributed by atoms with Crippen LogP contribution in [0.2, 0.25) is 0 Å². The number of hydrogen-bond acceptors (Lipinski definition) is 5. The van der Waals surface area contributed by atoms with E-state index in [1.807, 2.05) is 42.0 Å². The minimum atomic E-state index is -0.866. The van der Waals surface area contributed by atoms with Gasteiger partial charge in [-0.3, -0.25) is 4.79 Å². The third-order valence-electron chi connectivity index (χ3n) is 2.54. The average Bonchev–Trinajstić information content (AvgIpc) is 2.74. The fourth-order valence-corrected chi connectivity index (χ4v) is 2.60. The smallest absolute Gasteiger partial charge is 0.313 e. The fraction of sp³-hybridized carbons (Fsp3) is 0.333. The number of hydrogen-bond donors (Lipinski definition) is 1. The molecule has 0 amide bonds. The van der Waals surface area contributed by atoms with Crippen LogP contribution < -0.4 is 9.75 Å². The molecule has 2 aromatic rings. The van der Waals surface area contributed by atoms with E-state index in [4.69, 9.17) is 9.84 Å². The SMILES string of the molecule is COc1cccc2c1nc(SCC(=O)O)n2N(C)C. The fourth-order valence-electron chi connectivity index (χ4n) is 1.81. The van der Waals surface area contributed by atoms with Gasteiger partial charge in [-0.2, -0.15) is 0 Å². The van der Waals surface area contributed by atoms with Gasteiger partial charge in [0.25, 0.3) is 0 Å². The van der Waals surface area contributed by atoms with Gasteiger partial charge in [-0.1, -0.05) is 17.8 Å². The van der Waals surface area contributed by atoms with Crippen LogP contribution in [-0.2, 0) is 4.79 Å². The molecule has 0 radical (unpaired) electrons. The van der Waals surface area contributed by atoms with Crippen molar-refractivity contribution in [3.63, 3.8) is 0 Å². The van der Waals surface area contributed by atoms with Crippen molar-refractivity contribution in [1.82, 2.24) is 9.66 Å². The minimum absolute atomic E-state index is 0.0283. The largest absolute Gasteiger partial charge is 0.494 e. The zero-order chi connectivity index (χ0) is 14.0. The second kappa shape index (κ2) is 5.40. The van der Waals surface area contributed by atoms with Crippen LogP contribution in [0.3, 0.4) is 0 Å². The molecule has 0 aliphatic rings. The molecule has 102 valence electrons. The van der Waals surface area contributed by atoms with Gasteiger partial charge < -0.3 is 14.9 Å². The van der Waals surface area contributed by atoms with Crippen molar-refractivity contribution in [2.24, 2.45) is 0 Å². The first-order chi connectivity index (χ1) is 9.04. The van der Waals surface area contributed by atoms with Crippen LogP contribution in [0, 0.1) is 0 Å². The van der Waals surface area contributed by atoms with Crippen molar-refractivity contribution in [2.45, 2.75) is 5.16 Å². The third kappa shape index (κ3) is 2.60. The van der Waals surface area contributed by atoms with E-state index >= 15 is 0 Å². The van der Waals surface area contributed by atoms with Gasteiger partial charge in [0.05, 0.1) is 18.4 Å². The Morgan fingerprint density at radius 3 is 2.84 bits per heavy atom. The molecule has 6 nitrogen and oxygen atoms in total. The maximum atomic E-state index is 10.7. The molecule has 1 N–H and O–H groups in total. The number of carboxylic acid groups (broad SMARTS) is 1. The summed E-state index contributed by atoms with van der Waals surface area (Å²) in [7, 11) is 5.35. The van der Waals surface area contributed by atoms with E-state index in [2.05, 4.69) is 4.98 Å². The number of ether oxygens (including phenoxy) is 1. The first-order valence-corrected chi connectivity index (χ1v) is 6.60. The molecular formula is C12H15N3O3S. The quantitative estimate of drug-likeness (QED) is 0.836. The summed E-state index contributed by atoms with van der Waals surface area (Å²) in [4.78, 5) is 15.2. The molecule has 0 spiro atoms. The summed E-state index contributed by atoms with van der Waals surface area (Å²) in [6.07, 6.45) is 0. The Morgan fingerprint density at radius 1 is 1.53 bits per heavy atom. The summed E-state index contributed by atoms with van der Waals surface area (Å²) in [5.41, 5.74) is 1.61. The molecule has 2 rings (SSSR count). The van der Waals surface area contributed by atoms with Crippen molar-refractivity contribution in [1.29, 1.82) is 0 Å². The Kier molecular flexibility index (Phi) is 3.84. The molecule has 19 heavy (non-hydrogen) atoms. The number of aliphatic carboxylic acids is 1. The van der Waals surface area contributed by atoms with Gasteiger partial charge >= 0.3 is 5.97 Å². The van der Waals surface area contributed by atoms with E-state index in [0.717, 1.165) is 11.0 Å². The van der Waals surface area contributed by atoms with E-state index < -0.39 is 5.97 Å². The Bertz CT molecular complexity index is 610. The van der Waals surface area contributed by atoms with Gasteiger partial charge in [0.15, 0.2) is 5.16 Å². The Morgan fingerprint density at radius 2 is 2.26 bits per heavy atom. The molecule has 1 aromatic heterocycles. The van der Waals surface area contributed by atoms with Gasteiger partial charge in [-0.25, -0.2) is 9.66 Å². The number of carboxylic acids is 1. The number of benzene rings is 1. The molecule has 7 heteroatoms. The van der Waals surface area contributed by atoms with E-state index in [1.54, 1.807) is 7.11 Å². The highest BCUT2D eigenvalue weighted by Gasteiger charge is 2.16. The van der Waals surface area contributed by atoms with Crippen LogP contribution >= 0.6 is 11.8 Å². The van der Waals surface area contributed by atoms with Crippen molar-refractivity contribution in [3.05, 3.63) is 18.2 Å². The first kappa shape index (κ1) is 13.5. The monoisotopic (exact) mass is 281 g/mol. The zero-order valence-electron chi connectivity index (χ0n) is 11.0. The third-order valence-corrected chi connectivity index (χ3v) is 3.45. The van der Waals surface area contributed by atoms with Crippen molar-refractivity contribution >= 4 is 28.8 Å². The van der Waals surface area contributed by atoms with Gasteiger partial charge in [0.2, 0.25) is 0 Å². The van der Waals surface area contributed by atoms with Crippen LogP contribution in [0.25, 0.3) is 11.0 Å². The van der Waals surface area contributed by atoms with Crippen LogP contribution in [0.4, 0.5) is 0 Å². The van der Waals surface area contributed by atoms with E-state index in [0.29, 0.717) is 10.9 Å². The molecule has 0 aliphatic carbocycles. The standard InChI is InChI=1S/C12H15N3O3S/c1-14(2)15-8-5-4-6-9(18-3)11(8)13-12(15)19-7-10(16)17/h4-6H,7H2,1-3H3,(H,16,17). The molecule has 0 saturated carbocycles. The number of carbonyl (C=O) groups is 1. The summed E-state index contributed by atoms with van der Waals surface area (Å²) in [5, 5.41) is 11.3. The topological polar surface area (TPSA) is 67.6 Å². The van der Waals surface area contributed by atoms with Crippen LogP contribution in [0.15, 0.2) is 23.4 Å². The molecular weight excluding hydrogens is 266 g/mol. The lowest BCUT2D eigenvalue weighted by molar-refractivity contribution is -0.133. The number of nitrogens with zero attached hydrogens (tertiary/aromatic N) is 3. The molecule has 1 heterocycles. The molecule has 0 fully saturated rings. The van der Waals surface area contributed by atoms with E-state index in [9.17, 15) is 4.79 Å². The maximum Gasteiger partial charge on any atom is 0.313 e. The molecule has 0 aliphatic heterocycles. The summed E-state index contributed by atoms with van der Waals surface area (Å²) in [6, 6.07) is 5.64. The lowest BCUT2D eigenvalue weighted by Gasteiger charge is -2.17. The Balaban J connectivity index is 2.56. The zero-order valence-corrected chi connectivity index (χ0v) is 11.8. The number of fused-ring (bicyclic) bond motifs is 1. The number of rotatable bonds is 5. The van der Waals surface area contributed by atoms with Crippen LogP contribution in [-0.4, -0.2) is 47.7 Å². The number of thioether (sulfide) groups is 1. The highest BCUT2D eigenvalue weighted by atomic mass is 32.2. The maximum absolute atomic E-state index is 10.7. The van der Waals surface area contributed by atoms with Crippen LogP contribution in [0.5, 0.6) is 5.75 Å². The normalized spacial score (nSPS) is 10.7. The van der Waals surface area contributed by atoms with Crippen molar-refractivity contribution in [3.8, 4) is 5.75 Å². The molecule has 0 saturated heterocycles. The summed E-state index contributed by atoms with van der Waals surface area (Å²) < 4.78 is 7.15. The summed E-state index contributed by atoms with van der Waals surface area (Å²) >= 11 is 1.18. The number of para-hydroxylation sites is 1. The molecule has 0 bridgehead atoms. The highest BCUT2D eigenvalue weighted by molar-refractivity contribution is 7.99. The van der Waals surface area contributed by atoms with Gasteiger partial charge in [0.1, 0.15) is 11.3 Å². The summed E-state index contributed by atoms with van der Waals surface area (Å²) in [6.45, 7) is 0. The average molecular weight is 281 g/mol. The van der Waals surface area contributed by atoms with Crippen molar-refractivity contribution < 1.29 is 14.6 Å². The van der Waals surface area contributed by atoms with Gasteiger partial charge in [0, 0.05) is 14.1 Å². The predicted molar refractivity (Wildman–Crippen MR) is 74.7 cm³/mol. The molecule has 0 atom stereocenters. The first-order valence-electron chi connectivity index (χ1n) is 5.62. The Hall–Kier alpha value is -1.89.